The summed E-state index contributed by atoms with van der Waals surface area (Å²) in [7, 11) is 1.56. The highest BCUT2D eigenvalue weighted by Crippen LogP contribution is 2.39. The van der Waals surface area contributed by atoms with Gasteiger partial charge in [-0.15, -0.1) is 0 Å². The Labute approximate surface area is 180 Å². The van der Waals surface area contributed by atoms with Gasteiger partial charge in [0.25, 0.3) is 11.5 Å². The summed E-state index contributed by atoms with van der Waals surface area (Å²) >= 11 is 0. The van der Waals surface area contributed by atoms with Gasteiger partial charge in [-0.1, -0.05) is 49.4 Å². The predicted molar refractivity (Wildman–Crippen MR) is 120 cm³/mol. The van der Waals surface area contributed by atoms with Crippen LogP contribution in [0.2, 0.25) is 0 Å². The maximum atomic E-state index is 13.5. The largest absolute Gasteiger partial charge is 0.356 e. The van der Waals surface area contributed by atoms with Crippen LogP contribution < -0.4 is 5.56 Å². The monoisotopic (exact) mass is 412 g/mol. The maximum absolute atomic E-state index is 13.5. The number of aromatic nitrogens is 3. The van der Waals surface area contributed by atoms with Gasteiger partial charge in [-0.3, -0.25) is 9.59 Å². The van der Waals surface area contributed by atoms with E-state index < -0.39 is 0 Å². The van der Waals surface area contributed by atoms with Gasteiger partial charge in [0.1, 0.15) is 5.69 Å². The Hall–Kier alpha value is -3.67. The van der Waals surface area contributed by atoms with Crippen molar-refractivity contribution < 1.29 is 4.79 Å². The summed E-state index contributed by atoms with van der Waals surface area (Å²) < 4.78 is 1.20. The molecule has 5 rings (SSSR count). The van der Waals surface area contributed by atoms with Crippen LogP contribution in [-0.4, -0.2) is 32.1 Å². The van der Waals surface area contributed by atoms with Crippen LogP contribution >= 0.6 is 0 Å². The van der Waals surface area contributed by atoms with Crippen LogP contribution in [-0.2, 0) is 19.9 Å². The third-order valence-corrected chi connectivity index (χ3v) is 6.18. The van der Waals surface area contributed by atoms with Gasteiger partial charge < -0.3 is 9.88 Å². The van der Waals surface area contributed by atoms with E-state index in [9.17, 15) is 9.59 Å². The summed E-state index contributed by atoms with van der Waals surface area (Å²) in [5, 5.41) is 5.41. The van der Waals surface area contributed by atoms with Crippen LogP contribution in [0.3, 0.4) is 0 Å². The van der Waals surface area contributed by atoms with Gasteiger partial charge in [0.2, 0.25) is 0 Å². The molecule has 1 amide bonds. The lowest BCUT2D eigenvalue weighted by Gasteiger charge is -2.36. The van der Waals surface area contributed by atoms with E-state index in [2.05, 4.69) is 53.4 Å². The molecule has 0 unspecified atom stereocenters. The maximum Gasteiger partial charge on any atom is 0.275 e. The van der Waals surface area contributed by atoms with Gasteiger partial charge in [0, 0.05) is 36.3 Å². The first-order valence-electron chi connectivity index (χ1n) is 10.6. The van der Waals surface area contributed by atoms with Crippen molar-refractivity contribution >= 4 is 16.8 Å². The molecule has 1 atom stereocenters. The van der Waals surface area contributed by atoms with Crippen LogP contribution in [0.1, 0.15) is 45.8 Å². The smallest absolute Gasteiger partial charge is 0.275 e. The standard InChI is InChI=1S/C25H24N4O2/c1-3-16-8-10-17(11-9-16)24-23-19(18-6-4-5-7-20(18)26-23)14-15-29(24)25(31)21-12-13-22(30)28(2)27-21/h4-13,24,26H,3,14-15H2,1-2H3/t24-/m1/s1. The number of para-hydroxylation sites is 1. The van der Waals surface area contributed by atoms with E-state index >= 15 is 0 Å². The Bertz CT molecular complexity index is 1330. The van der Waals surface area contributed by atoms with Crippen molar-refractivity contribution in [2.45, 2.75) is 25.8 Å². The van der Waals surface area contributed by atoms with Crippen LogP contribution in [0.4, 0.5) is 0 Å². The average Bonchev–Trinajstić information content (AvgIpc) is 3.18. The number of carbonyl (C=O) groups is 1. The molecule has 1 N–H and O–H groups in total. The van der Waals surface area contributed by atoms with E-state index in [0.717, 1.165) is 29.6 Å². The van der Waals surface area contributed by atoms with E-state index in [1.807, 2.05) is 17.0 Å². The molecule has 1 aliphatic heterocycles. The first-order chi connectivity index (χ1) is 15.1. The Balaban J connectivity index is 1.65. The molecular formula is C25H24N4O2. The number of aryl methyl sites for hydroxylation is 2. The van der Waals surface area contributed by atoms with Gasteiger partial charge in [0.05, 0.1) is 6.04 Å². The Morgan fingerprint density at radius 3 is 2.61 bits per heavy atom. The quantitative estimate of drug-likeness (QED) is 0.559. The van der Waals surface area contributed by atoms with Crippen molar-refractivity contribution in [3.8, 4) is 0 Å². The molecule has 2 aromatic heterocycles. The number of H-pyrrole nitrogens is 1. The van der Waals surface area contributed by atoms with Crippen molar-refractivity contribution in [2.75, 3.05) is 6.54 Å². The minimum Gasteiger partial charge on any atom is -0.356 e. The fourth-order valence-corrected chi connectivity index (χ4v) is 4.51. The van der Waals surface area contributed by atoms with Gasteiger partial charge >= 0.3 is 0 Å². The highest BCUT2D eigenvalue weighted by molar-refractivity contribution is 5.93. The molecule has 2 aromatic carbocycles. The molecule has 3 heterocycles. The summed E-state index contributed by atoms with van der Waals surface area (Å²) in [4.78, 5) is 30.7. The lowest BCUT2D eigenvalue weighted by Crippen LogP contribution is -2.41. The van der Waals surface area contributed by atoms with Crippen LogP contribution in [0.25, 0.3) is 10.9 Å². The lowest BCUT2D eigenvalue weighted by atomic mass is 9.91. The van der Waals surface area contributed by atoms with Gasteiger partial charge in [-0.2, -0.15) is 5.10 Å². The highest BCUT2D eigenvalue weighted by atomic mass is 16.2. The Morgan fingerprint density at radius 1 is 1.10 bits per heavy atom. The van der Waals surface area contributed by atoms with Gasteiger partial charge in [-0.25, -0.2) is 4.68 Å². The third kappa shape index (κ3) is 3.24. The number of rotatable bonds is 3. The zero-order valence-electron chi connectivity index (χ0n) is 17.6. The molecule has 0 saturated heterocycles. The Morgan fingerprint density at radius 2 is 1.87 bits per heavy atom. The van der Waals surface area contributed by atoms with Crippen LogP contribution in [0.15, 0.2) is 65.5 Å². The molecule has 0 bridgehead atoms. The van der Waals surface area contributed by atoms with Crippen molar-refractivity contribution in [3.05, 3.63) is 99.1 Å². The van der Waals surface area contributed by atoms with E-state index in [1.54, 1.807) is 7.05 Å². The SMILES string of the molecule is CCc1ccc([C@@H]2c3[nH]c4ccccc4c3CCN2C(=O)c2ccc(=O)n(C)n2)cc1. The average molecular weight is 412 g/mol. The van der Waals surface area contributed by atoms with Gasteiger partial charge in [0.15, 0.2) is 0 Å². The van der Waals surface area contributed by atoms with Gasteiger partial charge in [-0.05, 0) is 41.7 Å². The molecule has 6 nitrogen and oxygen atoms in total. The number of benzene rings is 2. The summed E-state index contributed by atoms with van der Waals surface area (Å²) in [5.74, 6) is -0.176. The topological polar surface area (TPSA) is 71.0 Å². The van der Waals surface area contributed by atoms with Crippen LogP contribution in [0, 0.1) is 0 Å². The summed E-state index contributed by atoms with van der Waals surface area (Å²) in [6.45, 7) is 2.71. The second kappa shape index (κ2) is 7.54. The second-order valence-corrected chi connectivity index (χ2v) is 7.99. The first-order valence-corrected chi connectivity index (χ1v) is 10.6. The second-order valence-electron chi connectivity index (χ2n) is 7.99. The number of amides is 1. The number of aromatic amines is 1. The van der Waals surface area contributed by atoms with Crippen LogP contribution in [0.5, 0.6) is 0 Å². The first kappa shape index (κ1) is 19.3. The van der Waals surface area contributed by atoms with E-state index in [-0.39, 0.29) is 23.2 Å². The molecule has 4 aromatic rings. The minimum atomic E-state index is -0.242. The summed E-state index contributed by atoms with van der Waals surface area (Å²) in [6.07, 6.45) is 1.73. The van der Waals surface area contributed by atoms with E-state index in [0.29, 0.717) is 6.54 Å². The van der Waals surface area contributed by atoms with Crippen molar-refractivity contribution in [2.24, 2.45) is 7.05 Å². The predicted octanol–water partition coefficient (Wildman–Crippen LogP) is 3.61. The molecule has 1 aliphatic rings. The molecule has 156 valence electrons. The number of hydrogen-bond donors (Lipinski definition) is 1. The van der Waals surface area contributed by atoms with Crippen molar-refractivity contribution in [3.63, 3.8) is 0 Å². The minimum absolute atomic E-state index is 0.176. The van der Waals surface area contributed by atoms with Crippen molar-refractivity contribution in [1.29, 1.82) is 0 Å². The molecule has 0 fully saturated rings. The fraction of sp³-hybridized carbons (Fsp3) is 0.240. The number of hydrogen-bond acceptors (Lipinski definition) is 3. The summed E-state index contributed by atoms with van der Waals surface area (Å²) in [6, 6.07) is 19.4. The molecule has 31 heavy (non-hydrogen) atoms. The third-order valence-electron chi connectivity index (χ3n) is 6.18. The molecule has 0 aliphatic carbocycles. The molecule has 0 radical (unpaired) electrons. The lowest BCUT2D eigenvalue weighted by molar-refractivity contribution is 0.0683. The van der Waals surface area contributed by atoms with E-state index in [4.69, 9.17) is 0 Å². The zero-order valence-corrected chi connectivity index (χ0v) is 17.6. The molecular weight excluding hydrogens is 388 g/mol. The zero-order chi connectivity index (χ0) is 21.5. The molecule has 6 heteroatoms. The number of carbonyl (C=O) groups excluding carboxylic acids is 1. The number of fused-ring (bicyclic) bond motifs is 3. The molecule has 0 saturated carbocycles. The van der Waals surface area contributed by atoms with E-state index in [1.165, 1.54) is 33.3 Å². The Kier molecular flexibility index (Phi) is 4.70. The summed E-state index contributed by atoms with van der Waals surface area (Å²) in [5.41, 5.74) is 5.75. The normalized spacial score (nSPS) is 15.8. The highest BCUT2D eigenvalue weighted by Gasteiger charge is 2.35. The fourth-order valence-electron chi connectivity index (χ4n) is 4.51. The number of nitrogens with zero attached hydrogens (tertiary/aromatic N) is 3. The van der Waals surface area contributed by atoms with Crippen molar-refractivity contribution in [1.82, 2.24) is 19.7 Å². The number of nitrogens with one attached hydrogen (secondary N) is 1. The molecule has 0 spiro atoms.